The van der Waals surface area contributed by atoms with Gasteiger partial charge < -0.3 is 19.2 Å². The molecule has 2 aromatic heterocycles. The summed E-state index contributed by atoms with van der Waals surface area (Å²) < 4.78 is 10.5. The fourth-order valence-electron chi connectivity index (χ4n) is 3.04. The van der Waals surface area contributed by atoms with Crippen LogP contribution in [0.25, 0.3) is 0 Å². The summed E-state index contributed by atoms with van der Waals surface area (Å²) in [5, 5.41) is 6.72. The van der Waals surface area contributed by atoms with Gasteiger partial charge in [-0.05, 0) is 24.3 Å². The van der Waals surface area contributed by atoms with Gasteiger partial charge in [-0.25, -0.2) is 0 Å². The van der Waals surface area contributed by atoms with Gasteiger partial charge >= 0.3 is 0 Å². The van der Waals surface area contributed by atoms with E-state index in [4.69, 9.17) is 8.94 Å². The molecule has 1 N–H and O–H groups in total. The first-order valence-electron chi connectivity index (χ1n) is 8.65. The lowest BCUT2D eigenvalue weighted by atomic mass is 10.1. The molecule has 1 atom stereocenters. The first-order chi connectivity index (χ1) is 13.2. The Bertz CT molecular complexity index is 920. The molecule has 0 aliphatic carbocycles. The zero-order valence-corrected chi connectivity index (χ0v) is 14.5. The third-order valence-corrected chi connectivity index (χ3v) is 4.43. The lowest BCUT2D eigenvalue weighted by Gasteiger charge is -2.13. The van der Waals surface area contributed by atoms with Crippen molar-refractivity contribution in [1.82, 2.24) is 20.4 Å². The molecule has 1 unspecified atom stereocenters. The number of likely N-dealkylation sites (tertiary alicyclic amines) is 1. The average Bonchev–Trinajstić information content (AvgIpc) is 3.43. The number of furan rings is 1. The molecule has 0 saturated carbocycles. The van der Waals surface area contributed by atoms with Gasteiger partial charge in [0, 0.05) is 24.4 Å². The van der Waals surface area contributed by atoms with Crippen molar-refractivity contribution in [2.24, 2.45) is 0 Å². The monoisotopic (exact) mass is 366 g/mol. The van der Waals surface area contributed by atoms with Crippen LogP contribution in [0.4, 0.5) is 0 Å². The van der Waals surface area contributed by atoms with Crippen molar-refractivity contribution >= 4 is 11.8 Å². The Morgan fingerprint density at radius 1 is 1.22 bits per heavy atom. The number of nitrogens with one attached hydrogen (secondary N) is 1. The predicted molar refractivity (Wildman–Crippen MR) is 93.4 cm³/mol. The standard InChI is InChI=1S/C19H18N4O4/c24-17-9-14(11-23(17)12-15-7-4-8-26-15)18-21-16(27-22-18)10-20-19(25)13-5-2-1-3-6-13/h1-8,14H,9-12H2,(H,20,25). The van der Waals surface area contributed by atoms with Gasteiger partial charge in [0.1, 0.15) is 5.76 Å². The summed E-state index contributed by atoms with van der Waals surface area (Å²) in [5.41, 5.74) is 0.562. The lowest BCUT2D eigenvalue weighted by molar-refractivity contribution is -0.128. The summed E-state index contributed by atoms with van der Waals surface area (Å²) >= 11 is 0. The number of hydrogen-bond acceptors (Lipinski definition) is 6. The molecule has 4 rings (SSSR count). The summed E-state index contributed by atoms with van der Waals surface area (Å²) in [7, 11) is 0. The second kappa shape index (κ2) is 7.45. The Morgan fingerprint density at radius 2 is 2.07 bits per heavy atom. The van der Waals surface area contributed by atoms with Crippen LogP contribution in [-0.2, 0) is 17.9 Å². The fraction of sp³-hybridized carbons (Fsp3) is 0.263. The van der Waals surface area contributed by atoms with E-state index in [2.05, 4.69) is 15.5 Å². The molecule has 8 nitrogen and oxygen atoms in total. The van der Waals surface area contributed by atoms with Crippen LogP contribution in [0.2, 0.25) is 0 Å². The molecule has 3 heterocycles. The molecule has 1 aliphatic rings. The van der Waals surface area contributed by atoms with Crippen molar-refractivity contribution in [2.45, 2.75) is 25.4 Å². The van der Waals surface area contributed by atoms with Gasteiger partial charge in [0.15, 0.2) is 5.82 Å². The maximum atomic E-state index is 12.2. The molecular formula is C19H18N4O4. The minimum Gasteiger partial charge on any atom is -0.467 e. The third kappa shape index (κ3) is 3.89. The van der Waals surface area contributed by atoms with E-state index in [1.54, 1.807) is 41.5 Å². The molecular weight excluding hydrogens is 348 g/mol. The van der Waals surface area contributed by atoms with E-state index in [9.17, 15) is 9.59 Å². The van der Waals surface area contributed by atoms with Crippen molar-refractivity contribution in [1.29, 1.82) is 0 Å². The topological polar surface area (TPSA) is 101 Å². The Labute approximate surface area is 155 Å². The van der Waals surface area contributed by atoms with E-state index in [-0.39, 0.29) is 24.3 Å². The summed E-state index contributed by atoms with van der Waals surface area (Å²) in [5.74, 6) is 1.22. The summed E-state index contributed by atoms with van der Waals surface area (Å²) in [6, 6.07) is 12.5. The van der Waals surface area contributed by atoms with Gasteiger partial charge in [0.2, 0.25) is 11.8 Å². The van der Waals surface area contributed by atoms with E-state index in [0.29, 0.717) is 36.8 Å². The number of carbonyl (C=O) groups excluding carboxylic acids is 2. The second-order valence-electron chi connectivity index (χ2n) is 6.35. The van der Waals surface area contributed by atoms with Crippen LogP contribution in [0.1, 0.15) is 40.2 Å². The average molecular weight is 366 g/mol. The number of rotatable bonds is 6. The molecule has 2 amide bonds. The van der Waals surface area contributed by atoms with Crippen LogP contribution in [0, 0.1) is 0 Å². The zero-order valence-electron chi connectivity index (χ0n) is 14.5. The molecule has 138 valence electrons. The van der Waals surface area contributed by atoms with E-state index >= 15 is 0 Å². The molecule has 0 bridgehead atoms. The Kier molecular flexibility index (Phi) is 4.69. The highest BCUT2D eigenvalue weighted by Gasteiger charge is 2.34. The highest BCUT2D eigenvalue weighted by molar-refractivity contribution is 5.93. The third-order valence-electron chi connectivity index (χ3n) is 4.43. The smallest absolute Gasteiger partial charge is 0.251 e. The van der Waals surface area contributed by atoms with Crippen molar-refractivity contribution in [3.63, 3.8) is 0 Å². The van der Waals surface area contributed by atoms with Crippen molar-refractivity contribution in [3.05, 3.63) is 71.8 Å². The number of nitrogens with zero attached hydrogens (tertiary/aromatic N) is 3. The second-order valence-corrected chi connectivity index (χ2v) is 6.35. The van der Waals surface area contributed by atoms with E-state index in [1.165, 1.54) is 0 Å². The lowest BCUT2D eigenvalue weighted by Crippen LogP contribution is -2.24. The molecule has 1 aliphatic heterocycles. The quantitative estimate of drug-likeness (QED) is 0.717. The molecule has 1 fully saturated rings. The van der Waals surface area contributed by atoms with Crippen molar-refractivity contribution in [2.75, 3.05) is 6.54 Å². The van der Waals surface area contributed by atoms with E-state index in [1.807, 2.05) is 12.1 Å². The highest BCUT2D eigenvalue weighted by Crippen LogP contribution is 2.27. The van der Waals surface area contributed by atoms with E-state index < -0.39 is 0 Å². The Hall–Kier alpha value is -3.42. The van der Waals surface area contributed by atoms with Crippen LogP contribution in [0.3, 0.4) is 0 Å². The van der Waals surface area contributed by atoms with Gasteiger partial charge in [-0.1, -0.05) is 23.4 Å². The first kappa shape index (κ1) is 17.0. The Morgan fingerprint density at radius 3 is 2.85 bits per heavy atom. The molecule has 3 aromatic rings. The van der Waals surface area contributed by atoms with Crippen LogP contribution < -0.4 is 5.32 Å². The molecule has 27 heavy (non-hydrogen) atoms. The maximum Gasteiger partial charge on any atom is 0.251 e. The Balaban J connectivity index is 1.34. The fourth-order valence-corrected chi connectivity index (χ4v) is 3.04. The zero-order chi connectivity index (χ0) is 18.6. The minimum absolute atomic E-state index is 0.0279. The highest BCUT2D eigenvalue weighted by atomic mass is 16.5. The number of carbonyl (C=O) groups is 2. The maximum absolute atomic E-state index is 12.2. The van der Waals surface area contributed by atoms with Crippen LogP contribution in [0.15, 0.2) is 57.7 Å². The summed E-state index contributed by atoms with van der Waals surface area (Å²) in [6.07, 6.45) is 1.92. The number of benzene rings is 1. The molecule has 1 saturated heterocycles. The predicted octanol–water partition coefficient (Wildman–Crippen LogP) is 2.11. The van der Waals surface area contributed by atoms with Gasteiger partial charge in [-0.3, -0.25) is 9.59 Å². The van der Waals surface area contributed by atoms with Crippen LogP contribution in [0.5, 0.6) is 0 Å². The molecule has 1 aromatic carbocycles. The SMILES string of the molecule is O=C(NCc1nc(C2CC(=O)N(Cc3ccco3)C2)no1)c1ccccc1. The van der Waals surface area contributed by atoms with Crippen molar-refractivity contribution in [3.8, 4) is 0 Å². The van der Waals surface area contributed by atoms with Crippen LogP contribution >= 0.6 is 0 Å². The van der Waals surface area contributed by atoms with Crippen molar-refractivity contribution < 1.29 is 18.5 Å². The molecule has 0 radical (unpaired) electrons. The number of aromatic nitrogens is 2. The van der Waals surface area contributed by atoms with Gasteiger partial charge in [0.25, 0.3) is 5.91 Å². The molecule has 0 spiro atoms. The van der Waals surface area contributed by atoms with E-state index in [0.717, 1.165) is 5.76 Å². The first-order valence-corrected chi connectivity index (χ1v) is 8.65. The van der Waals surface area contributed by atoms with Gasteiger partial charge in [0.05, 0.1) is 19.4 Å². The summed E-state index contributed by atoms with van der Waals surface area (Å²) in [4.78, 5) is 30.3. The minimum atomic E-state index is -0.212. The van der Waals surface area contributed by atoms with Crippen LogP contribution in [-0.4, -0.2) is 33.4 Å². The largest absolute Gasteiger partial charge is 0.467 e. The summed E-state index contributed by atoms with van der Waals surface area (Å²) in [6.45, 7) is 1.08. The van der Waals surface area contributed by atoms with Gasteiger partial charge in [-0.15, -0.1) is 0 Å². The molecule has 8 heteroatoms. The normalized spacial score (nSPS) is 16.7. The number of hydrogen-bond donors (Lipinski definition) is 1. The number of amides is 2. The van der Waals surface area contributed by atoms with Gasteiger partial charge in [-0.2, -0.15) is 4.98 Å².